The summed E-state index contributed by atoms with van der Waals surface area (Å²) in [5.74, 6) is 0. The third-order valence-corrected chi connectivity index (χ3v) is 4.30. The average Bonchev–Trinajstić information content (AvgIpc) is 2.48. The highest BCUT2D eigenvalue weighted by molar-refractivity contribution is 5.68. The molecule has 4 heteroatoms. The molecule has 2 atom stereocenters. The van der Waals surface area contributed by atoms with Gasteiger partial charge in [-0.15, -0.1) is 0 Å². The minimum atomic E-state index is -0.445. The Hall–Kier alpha value is -1.55. The van der Waals surface area contributed by atoms with Crippen molar-refractivity contribution in [2.24, 2.45) is 0 Å². The van der Waals surface area contributed by atoms with Gasteiger partial charge in [-0.2, -0.15) is 0 Å². The summed E-state index contributed by atoms with van der Waals surface area (Å²) in [5.41, 5.74) is 0.875. The summed E-state index contributed by atoms with van der Waals surface area (Å²) in [6.45, 7) is 12.6. The second kappa shape index (κ2) is 7.35. The highest BCUT2D eigenvalue weighted by atomic mass is 16.6. The third-order valence-electron chi connectivity index (χ3n) is 4.30. The first-order valence-corrected chi connectivity index (χ1v) is 8.57. The maximum atomic E-state index is 12.5. The number of nitrogens with zero attached hydrogens (tertiary/aromatic N) is 2. The van der Waals surface area contributed by atoms with Gasteiger partial charge in [-0.1, -0.05) is 37.3 Å². The summed E-state index contributed by atoms with van der Waals surface area (Å²) in [6, 6.07) is 11.1. The average molecular weight is 318 g/mol. The van der Waals surface area contributed by atoms with Crippen LogP contribution >= 0.6 is 0 Å². The molecule has 1 heterocycles. The molecule has 0 saturated carbocycles. The van der Waals surface area contributed by atoms with Crippen molar-refractivity contribution in [3.05, 3.63) is 35.9 Å². The van der Waals surface area contributed by atoms with E-state index in [1.807, 2.05) is 31.7 Å². The van der Waals surface area contributed by atoms with Gasteiger partial charge in [-0.25, -0.2) is 4.79 Å². The fourth-order valence-corrected chi connectivity index (χ4v) is 3.03. The molecule has 1 saturated heterocycles. The molecule has 1 aromatic rings. The van der Waals surface area contributed by atoms with Gasteiger partial charge < -0.3 is 9.64 Å². The van der Waals surface area contributed by atoms with Crippen LogP contribution in [0.3, 0.4) is 0 Å². The molecule has 1 aliphatic heterocycles. The van der Waals surface area contributed by atoms with Crippen LogP contribution in [0.15, 0.2) is 30.3 Å². The van der Waals surface area contributed by atoms with Gasteiger partial charge in [0.15, 0.2) is 0 Å². The van der Waals surface area contributed by atoms with Crippen LogP contribution in [0.4, 0.5) is 4.79 Å². The first-order valence-electron chi connectivity index (χ1n) is 8.57. The first-order chi connectivity index (χ1) is 10.8. The predicted molar refractivity (Wildman–Crippen MR) is 93.3 cm³/mol. The van der Waals surface area contributed by atoms with Gasteiger partial charge in [0.2, 0.25) is 0 Å². The van der Waals surface area contributed by atoms with Crippen molar-refractivity contribution in [3.63, 3.8) is 0 Å². The van der Waals surface area contributed by atoms with E-state index in [2.05, 4.69) is 43.0 Å². The van der Waals surface area contributed by atoms with E-state index in [1.54, 1.807) is 0 Å². The minimum absolute atomic E-state index is 0.185. The molecule has 1 aromatic carbocycles. The van der Waals surface area contributed by atoms with Crippen LogP contribution < -0.4 is 0 Å². The second-order valence-electron chi connectivity index (χ2n) is 7.46. The molecular weight excluding hydrogens is 288 g/mol. The third kappa shape index (κ3) is 4.96. The van der Waals surface area contributed by atoms with E-state index in [9.17, 15) is 4.79 Å². The number of amides is 1. The van der Waals surface area contributed by atoms with Gasteiger partial charge in [0.1, 0.15) is 5.60 Å². The zero-order chi connectivity index (χ0) is 17.0. The molecule has 1 unspecified atom stereocenters. The number of rotatable bonds is 3. The van der Waals surface area contributed by atoms with Crippen molar-refractivity contribution in [1.29, 1.82) is 0 Å². The van der Waals surface area contributed by atoms with E-state index >= 15 is 0 Å². The van der Waals surface area contributed by atoms with E-state index < -0.39 is 5.60 Å². The number of piperazine rings is 1. The summed E-state index contributed by atoms with van der Waals surface area (Å²) >= 11 is 0. The maximum Gasteiger partial charge on any atom is 0.410 e. The molecule has 1 fully saturated rings. The lowest BCUT2D eigenvalue weighted by Gasteiger charge is -2.45. The van der Waals surface area contributed by atoms with Crippen molar-refractivity contribution in [2.45, 2.75) is 65.3 Å². The van der Waals surface area contributed by atoms with Gasteiger partial charge in [-0.05, 0) is 39.7 Å². The molecule has 4 nitrogen and oxygen atoms in total. The van der Waals surface area contributed by atoms with Crippen molar-refractivity contribution in [1.82, 2.24) is 9.80 Å². The normalized spacial score (nSPS) is 22.9. The Morgan fingerprint density at radius 2 is 1.87 bits per heavy atom. The molecule has 0 spiro atoms. The summed E-state index contributed by atoms with van der Waals surface area (Å²) < 4.78 is 5.58. The van der Waals surface area contributed by atoms with E-state index in [4.69, 9.17) is 4.74 Å². The van der Waals surface area contributed by atoms with Crippen molar-refractivity contribution >= 4 is 6.09 Å². The second-order valence-corrected chi connectivity index (χ2v) is 7.46. The SMILES string of the molecule is CC[C@@H]1CN(Cc2ccccc2)C(C)CN1C(=O)OC(C)(C)C. The Bertz CT molecular complexity index is 510. The summed E-state index contributed by atoms with van der Waals surface area (Å²) in [5, 5.41) is 0. The van der Waals surface area contributed by atoms with E-state index in [0.29, 0.717) is 6.04 Å². The quantitative estimate of drug-likeness (QED) is 0.847. The molecule has 128 valence electrons. The number of benzene rings is 1. The van der Waals surface area contributed by atoms with E-state index in [1.165, 1.54) is 5.56 Å². The van der Waals surface area contributed by atoms with Crippen molar-refractivity contribution in [3.8, 4) is 0 Å². The monoisotopic (exact) mass is 318 g/mol. The summed E-state index contributed by atoms with van der Waals surface area (Å²) in [7, 11) is 0. The summed E-state index contributed by atoms with van der Waals surface area (Å²) in [4.78, 5) is 16.9. The fourth-order valence-electron chi connectivity index (χ4n) is 3.03. The van der Waals surface area contributed by atoms with Crippen LogP contribution in [0.1, 0.15) is 46.6 Å². The summed E-state index contributed by atoms with van der Waals surface area (Å²) in [6.07, 6.45) is 0.757. The lowest BCUT2D eigenvalue weighted by molar-refractivity contribution is -0.0158. The fraction of sp³-hybridized carbons (Fsp3) is 0.632. The molecule has 1 amide bonds. The number of carbonyl (C=O) groups is 1. The van der Waals surface area contributed by atoms with Gasteiger partial charge in [-0.3, -0.25) is 4.90 Å². The molecular formula is C19H30N2O2. The molecule has 0 radical (unpaired) electrons. The van der Waals surface area contributed by atoms with Crippen LogP contribution in [-0.4, -0.2) is 46.7 Å². The van der Waals surface area contributed by atoms with E-state index in [-0.39, 0.29) is 12.1 Å². The Balaban J connectivity index is 2.04. The van der Waals surface area contributed by atoms with Crippen LogP contribution in [-0.2, 0) is 11.3 Å². The van der Waals surface area contributed by atoms with Crippen molar-refractivity contribution in [2.75, 3.05) is 13.1 Å². The molecule has 0 aromatic heterocycles. The highest BCUT2D eigenvalue weighted by Gasteiger charge is 2.35. The van der Waals surface area contributed by atoms with E-state index in [0.717, 1.165) is 26.1 Å². The standard InChI is InChI=1S/C19H30N2O2/c1-6-17-14-20(13-16-10-8-7-9-11-16)15(2)12-21(17)18(22)23-19(3,4)5/h7-11,15,17H,6,12-14H2,1-5H3/t15?,17-/m1/s1. The molecule has 0 bridgehead atoms. The Morgan fingerprint density at radius 3 is 2.43 bits per heavy atom. The van der Waals surface area contributed by atoms with Gasteiger partial charge in [0, 0.05) is 31.7 Å². The number of carbonyl (C=O) groups excluding carboxylic acids is 1. The van der Waals surface area contributed by atoms with Crippen molar-refractivity contribution < 1.29 is 9.53 Å². The molecule has 2 rings (SSSR count). The van der Waals surface area contributed by atoms with Crippen LogP contribution in [0.25, 0.3) is 0 Å². The topological polar surface area (TPSA) is 32.8 Å². The molecule has 23 heavy (non-hydrogen) atoms. The zero-order valence-corrected chi connectivity index (χ0v) is 15.1. The van der Waals surface area contributed by atoms with Crippen LogP contribution in [0.2, 0.25) is 0 Å². The maximum absolute atomic E-state index is 12.5. The lowest BCUT2D eigenvalue weighted by Crippen LogP contribution is -2.59. The molecule has 0 aliphatic carbocycles. The zero-order valence-electron chi connectivity index (χ0n) is 15.1. The number of hydrogen-bond acceptors (Lipinski definition) is 3. The smallest absolute Gasteiger partial charge is 0.410 e. The number of hydrogen-bond donors (Lipinski definition) is 0. The molecule has 0 N–H and O–H groups in total. The van der Waals surface area contributed by atoms with Crippen LogP contribution in [0, 0.1) is 0 Å². The molecule has 1 aliphatic rings. The number of ether oxygens (including phenoxy) is 1. The highest BCUT2D eigenvalue weighted by Crippen LogP contribution is 2.22. The Labute approximate surface area is 140 Å². The Morgan fingerprint density at radius 1 is 1.22 bits per heavy atom. The lowest BCUT2D eigenvalue weighted by atomic mass is 10.0. The Kier molecular flexibility index (Phi) is 5.69. The van der Waals surface area contributed by atoms with Gasteiger partial charge in [0.05, 0.1) is 0 Å². The van der Waals surface area contributed by atoms with Crippen LogP contribution in [0.5, 0.6) is 0 Å². The van der Waals surface area contributed by atoms with Gasteiger partial charge >= 0.3 is 6.09 Å². The predicted octanol–water partition coefficient (Wildman–Crippen LogP) is 3.91. The van der Waals surface area contributed by atoms with Gasteiger partial charge in [0.25, 0.3) is 0 Å². The first kappa shape index (κ1) is 17.8. The minimum Gasteiger partial charge on any atom is -0.444 e. The largest absolute Gasteiger partial charge is 0.444 e.